The minimum atomic E-state index is -0.571. The molecule has 0 radical (unpaired) electrons. The van der Waals surface area contributed by atoms with E-state index in [9.17, 15) is 4.39 Å². The van der Waals surface area contributed by atoms with E-state index in [1.165, 1.54) is 12.1 Å². The van der Waals surface area contributed by atoms with Gasteiger partial charge in [0.15, 0.2) is 0 Å². The molecule has 27 heavy (non-hydrogen) atoms. The Kier molecular flexibility index (Phi) is 3.94. The number of rotatable bonds is 3. The number of hydrogen-bond donors (Lipinski definition) is 1. The van der Waals surface area contributed by atoms with Crippen molar-refractivity contribution in [2.75, 3.05) is 5.73 Å². The molecular weight excluding hydrogens is 343 g/mol. The molecule has 0 saturated heterocycles. The van der Waals surface area contributed by atoms with Crippen LogP contribution in [0.2, 0.25) is 0 Å². The first-order chi connectivity index (χ1) is 13.0. The summed E-state index contributed by atoms with van der Waals surface area (Å²) in [5.74, 6) is -0.246. The zero-order valence-corrected chi connectivity index (χ0v) is 14.5. The Labute approximate surface area is 155 Å². The van der Waals surface area contributed by atoms with Gasteiger partial charge in [-0.1, -0.05) is 24.3 Å². The van der Waals surface area contributed by atoms with Gasteiger partial charge in [0, 0.05) is 30.4 Å². The van der Waals surface area contributed by atoms with Crippen LogP contribution in [0.5, 0.6) is 0 Å². The monoisotopic (exact) mass is 358 g/mol. The van der Waals surface area contributed by atoms with Crippen molar-refractivity contribution in [1.82, 2.24) is 19.6 Å². The summed E-state index contributed by atoms with van der Waals surface area (Å²) >= 11 is 0. The van der Waals surface area contributed by atoms with Gasteiger partial charge in [-0.05, 0) is 23.8 Å². The predicted molar refractivity (Wildman–Crippen MR) is 102 cm³/mol. The molecule has 0 amide bonds. The normalized spacial score (nSPS) is 10.7. The molecular formula is C20H15FN6. The van der Waals surface area contributed by atoms with Crippen molar-refractivity contribution in [2.45, 2.75) is 0 Å². The van der Waals surface area contributed by atoms with E-state index < -0.39 is 5.82 Å². The molecule has 132 valence electrons. The van der Waals surface area contributed by atoms with Gasteiger partial charge < -0.3 is 5.73 Å². The topological polar surface area (TPSA) is 66.0 Å². The first-order valence-corrected chi connectivity index (χ1v) is 8.17. The standard InChI is InChI=1S/C20H15FN6/c1-23-18-7-6-14(9-17(18)21)19-10-20(22)25-27(19)16-5-3-4-13(8-16)15-11-24-26(2)12-15/h3-12H,2H3,(H2,22,25). The molecule has 7 heteroatoms. The van der Waals surface area contributed by atoms with E-state index in [1.807, 2.05) is 37.5 Å². The Bertz CT molecular complexity index is 1180. The highest BCUT2D eigenvalue weighted by atomic mass is 19.1. The van der Waals surface area contributed by atoms with E-state index in [1.54, 1.807) is 27.7 Å². The third-order valence-electron chi connectivity index (χ3n) is 4.22. The minimum Gasteiger partial charge on any atom is -0.382 e. The largest absolute Gasteiger partial charge is 0.382 e. The molecule has 0 bridgehead atoms. The molecule has 0 atom stereocenters. The van der Waals surface area contributed by atoms with Crippen molar-refractivity contribution in [3.05, 3.63) is 78.2 Å². The second-order valence-corrected chi connectivity index (χ2v) is 6.10. The third kappa shape index (κ3) is 3.04. The van der Waals surface area contributed by atoms with E-state index >= 15 is 0 Å². The van der Waals surface area contributed by atoms with Crippen molar-refractivity contribution in [3.8, 4) is 28.1 Å². The van der Waals surface area contributed by atoms with E-state index in [-0.39, 0.29) is 5.69 Å². The minimum absolute atomic E-state index is 0.0173. The molecule has 2 N–H and O–H groups in total. The lowest BCUT2D eigenvalue weighted by Gasteiger charge is -2.09. The summed E-state index contributed by atoms with van der Waals surface area (Å²) in [4.78, 5) is 3.16. The number of nitrogens with two attached hydrogens (primary N) is 1. The van der Waals surface area contributed by atoms with Gasteiger partial charge in [-0.3, -0.25) is 4.68 Å². The van der Waals surface area contributed by atoms with Gasteiger partial charge in [0.05, 0.1) is 24.2 Å². The van der Waals surface area contributed by atoms with Gasteiger partial charge in [-0.2, -0.15) is 10.2 Å². The zero-order chi connectivity index (χ0) is 19.0. The molecule has 0 fully saturated rings. The van der Waals surface area contributed by atoms with Crippen molar-refractivity contribution in [1.29, 1.82) is 0 Å². The SMILES string of the molecule is [C-]#[N+]c1ccc(-c2cc(N)nn2-c2cccc(-c3cnn(C)c3)c2)cc1F. The van der Waals surface area contributed by atoms with Crippen LogP contribution in [0.4, 0.5) is 15.9 Å². The molecule has 0 unspecified atom stereocenters. The van der Waals surface area contributed by atoms with Crippen LogP contribution in [0.25, 0.3) is 32.9 Å². The van der Waals surface area contributed by atoms with Crippen LogP contribution < -0.4 is 5.73 Å². The van der Waals surface area contributed by atoms with Crippen LogP contribution in [-0.4, -0.2) is 19.6 Å². The summed E-state index contributed by atoms with van der Waals surface area (Å²) in [6.07, 6.45) is 3.71. The molecule has 0 aliphatic heterocycles. The van der Waals surface area contributed by atoms with Crippen molar-refractivity contribution >= 4 is 11.5 Å². The summed E-state index contributed by atoms with van der Waals surface area (Å²) in [5, 5.41) is 8.56. The maximum atomic E-state index is 14.1. The second-order valence-electron chi connectivity index (χ2n) is 6.10. The number of benzene rings is 2. The summed E-state index contributed by atoms with van der Waals surface area (Å²) in [6.45, 7) is 6.99. The highest BCUT2D eigenvalue weighted by Crippen LogP contribution is 2.30. The summed E-state index contributed by atoms with van der Waals surface area (Å²) < 4.78 is 17.5. The number of nitrogen functional groups attached to an aromatic ring is 1. The van der Waals surface area contributed by atoms with Crippen molar-refractivity contribution < 1.29 is 4.39 Å². The quantitative estimate of drug-likeness (QED) is 0.558. The molecule has 0 aliphatic carbocycles. The average molecular weight is 358 g/mol. The maximum Gasteiger partial charge on any atom is 0.222 e. The first-order valence-electron chi connectivity index (χ1n) is 8.17. The summed E-state index contributed by atoms with van der Waals surface area (Å²) in [7, 11) is 1.86. The van der Waals surface area contributed by atoms with Gasteiger partial charge in [0.1, 0.15) is 11.6 Å². The van der Waals surface area contributed by atoms with Crippen LogP contribution in [0.15, 0.2) is 60.9 Å². The van der Waals surface area contributed by atoms with Crippen LogP contribution in [-0.2, 0) is 7.05 Å². The lowest BCUT2D eigenvalue weighted by atomic mass is 10.1. The molecule has 2 aromatic carbocycles. The summed E-state index contributed by atoms with van der Waals surface area (Å²) in [5.41, 5.74) is 9.89. The molecule has 0 spiro atoms. The summed E-state index contributed by atoms with van der Waals surface area (Å²) in [6, 6.07) is 13.9. The van der Waals surface area contributed by atoms with Crippen molar-refractivity contribution in [2.24, 2.45) is 7.05 Å². The zero-order valence-electron chi connectivity index (χ0n) is 14.5. The van der Waals surface area contributed by atoms with Crippen LogP contribution in [0.3, 0.4) is 0 Å². The predicted octanol–water partition coefficient (Wildman–Crippen LogP) is 4.21. The number of nitrogens with zero attached hydrogens (tertiary/aromatic N) is 5. The number of anilines is 1. The first kappa shape index (κ1) is 16.5. The van der Waals surface area contributed by atoms with E-state index in [2.05, 4.69) is 15.0 Å². The van der Waals surface area contributed by atoms with Crippen LogP contribution in [0.1, 0.15) is 0 Å². The second kappa shape index (κ2) is 6.42. The fourth-order valence-electron chi connectivity index (χ4n) is 2.95. The Balaban J connectivity index is 1.82. The number of halogens is 1. The lowest BCUT2D eigenvalue weighted by Crippen LogP contribution is -2.00. The third-order valence-corrected chi connectivity index (χ3v) is 4.22. The Morgan fingerprint density at radius 1 is 1.07 bits per heavy atom. The molecule has 6 nitrogen and oxygen atoms in total. The van der Waals surface area contributed by atoms with Gasteiger partial charge in [-0.15, -0.1) is 0 Å². The molecule has 4 rings (SSSR count). The molecule has 2 aromatic heterocycles. The average Bonchev–Trinajstić information content (AvgIpc) is 3.27. The number of aryl methyl sites for hydroxylation is 1. The molecule has 0 aliphatic rings. The fraction of sp³-hybridized carbons (Fsp3) is 0.0500. The molecule has 2 heterocycles. The van der Waals surface area contributed by atoms with Gasteiger partial charge in [-0.25, -0.2) is 13.9 Å². The highest BCUT2D eigenvalue weighted by molar-refractivity contribution is 5.70. The lowest BCUT2D eigenvalue weighted by molar-refractivity contribution is 0.634. The van der Waals surface area contributed by atoms with Crippen LogP contribution >= 0.6 is 0 Å². The fourth-order valence-corrected chi connectivity index (χ4v) is 2.95. The van der Waals surface area contributed by atoms with Crippen LogP contribution in [0, 0.1) is 12.4 Å². The Hall–Kier alpha value is -3.92. The van der Waals surface area contributed by atoms with Gasteiger partial charge >= 0.3 is 0 Å². The van der Waals surface area contributed by atoms with Crippen molar-refractivity contribution in [3.63, 3.8) is 0 Å². The van der Waals surface area contributed by atoms with E-state index in [0.29, 0.717) is 17.1 Å². The van der Waals surface area contributed by atoms with E-state index in [4.69, 9.17) is 12.3 Å². The Morgan fingerprint density at radius 3 is 2.63 bits per heavy atom. The molecule has 0 saturated carbocycles. The van der Waals surface area contributed by atoms with E-state index in [0.717, 1.165) is 16.8 Å². The highest BCUT2D eigenvalue weighted by Gasteiger charge is 2.13. The number of hydrogen-bond acceptors (Lipinski definition) is 3. The molecule has 4 aromatic rings. The maximum absolute atomic E-state index is 14.1. The van der Waals surface area contributed by atoms with Gasteiger partial charge in [0.25, 0.3) is 0 Å². The smallest absolute Gasteiger partial charge is 0.222 e. The van der Waals surface area contributed by atoms with Gasteiger partial charge in [0.2, 0.25) is 5.69 Å². The number of aromatic nitrogens is 4. The Morgan fingerprint density at radius 2 is 1.93 bits per heavy atom.